The zero-order chi connectivity index (χ0) is 34.8. The predicted octanol–water partition coefficient (Wildman–Crippen LogP) is 3.12. The number of ether oxygens (including phenoxy) is 4. The Balaban J connectivity index is 0.000000221. The van der Waals surface area contributed by atoms with Crippen LogP contribution in [0.4, 0.5) is 11.4 Å². The summed E-state index contributed by atoms with van der Waals surface area (Å²) in [5.74, 6) is 0.162. The first-order chi connectivity index (χ1) is 23.9. The van der Waals surface area contributed by atoms with E-state index in [9.17, 15) is 19.2 Å². The Morgan fingerprint density at radius 1 is 0.939 bits per heavy atom. The molecule has 5 N–H and O–H groups in total. The van der Waals surface area contributed by atoms with Gasteiger partial charge in [-0.1, -0.05) is 35.9 Å². The molecule has 0 unspecified atom stereocenters. The first-order valence-electron chi connectivity index (χ1n) is 16.3. The second-order valence-corrected chi connectivity index (χ2v) is 11.4. The van der Waals surface area contributed by atoms with Crippen LogP contribution >= 0.6 is 0 Å². The third-order valence-corrected chi connectivity index (χ3v) is 7.47. The lowest BCUT2D eigenvalue weighted by atomic mass is 10.1. The number of amides is 4. The summed E-state index contributed by atoms with van der Waals surface area (Å²) >= 11 is 0. The number of nitrogens with two attached hydrogens (primary N) is 1. The molecular formula is C36H45N5O8. The van der Waals surface area contributed by atoms with Crippen LogP contribution in [0.1, 0.15) is 44.7 Å². The van der Waals surface area contributed by atoms with E-state index in [1.165, 1.54) is 5.56 Å². The van der Waals surface area contributed by atoms with Gasteiger partial charge in [-0.15, -0.1) is 0 Å². The van der Waals surface area contributed by atoms with Gasteiger partial charge in [-0.3, -0.25) is 19.2 Å². The second kappa shape index (κ2) is 19.9. The van der Waals surface area contributed by atoms with E-state index in [2.05, 4.69) is 47.1 Å². The van der Waals surface area contributed by atoms with Gasteiger partial charge in [0.15, 0.2) is 6.61 Å². The minimum Gasteiger partial charge on any atom is -0.482 e. The molecule has 1 aliphatic heterocycles. The summed E-state index contributed by atoms with van der Waals surface area (Å²) in [6.07, 6.45) is 2.67. The van der Waals surface area contributed by atoms with Crippen LogP contribution in [-0.2, 0) is 30.3 Å². The highest BCUT2D eigenvalue weighted by molar-refractivity contribution is 5.99. The van der Waals surface area contributed by atoms with Crippen molar-refractivity contribution in [2.75, 3.05) is 70.0 Å². The maximum absolute atomic E-state index is 13.0. The average Bonchev–Trinajstić information content (AvgIpc) is 3.96. The normalized spacial score (nSPS) is 13.1. The highest BCUT2D eigenvalue weighted by Gasteiger charge is 2.33. The Morgan fingerprint density at radius 3 is 2.35 bits per heavy atom. The minimum absolute atomic E-state index is 0.00590. The quantitative estimate of drug-likeness (QED) is 0.117. The molecule has 1 fully saturated rings. The number of hydrogen-bond donors (Lipinski definition) is 4. The van der Waals surface area contributed by atoms with Crippen molar-refractivity contribution in [3.63, 3.8) is 0 Å². The van der Waals surface area contributed by atoms with E-state index in [1.807, 2.05) is 4.90 Å². The molecule has 13 heteroatoms. The van der Waals surface area contributed by atoms with E-state index in [-0.39, 0.29) is 24.3 Å². The minimum atomic E-state index is -0.221. The highest BCUT2D eigenvalue weighted by atomic mass is 16.5. The Kier molecular flexibility index (Phi) is 15.0. The molecule has 1 aliphatic carbocycles. The Hall–Kier alpha value is -4.82. The van der Waals surface area contributed by atoms with Gasteiger partial charge < -0.3 is 45.5 Å². The van der Waals surface area contributed by atoms with Gasteiger partial charge in [0.1, 0.15) is 5.75 Å². The molecule has 4 amide bonds. The Labute approximate surface area is 286 Å². The van der Waals surface area contributed by atoms with E-state index >= 15 is 0 Å². The van der Waals surface area contributed by atoms with E-state index < -0.39 is 0 Å². The third-order valence-electron chi connectivity index (χ3n) is 7.47. The summed E-state index contributed by atoms with van der Waals surface area (Å²) in [5.41, 5.74) is 9.88. The molecule has 13 nitrogen and oxygen atoms in total. The fraction of sp³-hybridized carbons (Fsp3) is 0.389. The molecule has 49 heavy (non-hydrogen) atoms. The van der Waals surface area contributed by atoms with E-state index in [1.54, 1.807) is 42.5 Å². The van der Waals surface area contributed by atoms with Crippen LogP contribution in [0.25, 0.3) is 0 Å². The molecule has 5 rings (SSSR count). The number of rotatable bonds is 18. The number of carbonyl (C=O) groups is 4. The summed E-state index contributed by atoms with van der Waals surface area (Å²) < 4.78 is 21.2. The third kappa shape index (κ3) is 12.6. The first-order valence-corrected chi connectivity index (χ1v) is 16.3. The van der Waals surface area contributed by atoms with Gasteiger partial charge >= 0.3 is 0 Å². The summed E-state index contributed by atoms with van der Waals surface area (Å²) in [6.45, 7) is 6.43. The van der Waals surface area contributed by atoms with Gasteiger partial charge in [0.25, 0.3) is 17.7 Å². The number of carbonyl (C=O) groups excluding carboxylic acids is 4. The van der Waals surface area contributed by atoms with E-state index in [0.29, 0.717) is 100.0 Å². The van der Waals surface area contributed by atoms with Gasteiger partial charge in [-0.25, -0.2) is 0 Å². The molecule has 0 aromatic heterocycles. The molecule has 0 atom stereocenters. The fourth-order valence-electron chi connectivity index (χ4n) is 4.80. The zero-order valence-electron chi connectivity index (χ0n) is 27.8. The molecule has 1 saturated carbocycles. The van der Waals surface area contributed by atoms with Crippen LogP contribution in [-0.4, -0.2) is 94.4 Å². The van der Waals surface area contributed by atoms with Crippen molar-refractivity contribution < 1.29 is 38.1 Å². The number of fused-ring (bicyclic) bond motifs is 1. The number of benzene rings is 3. The predicted molar refractivity (Wildman–Crippen MR) is 185 cm³/mol. The maximum atomic E-state index is 13.0. The van der Waals surface area contributed by atoms with Crippen LogP contribution in [0, 0.1) is 6.92 Å². The van der Waals surface area contributed by atoms with Gasteiger partial charge in [0.2, 0.25) is 6.41 Å². The molecular weight excluding hydrogens is 630 g/mol. The Bertz CT molecular complexity index is 1530. The summed E-state index contributed by atoms with van der Waals surface area (Å²) in [6, 6.07) is 20.5. The lowest BCUT2D eigenvalue weighted by Crippen LogP contribution is -2.33. The van der Waals surface area contributed by atoms with Crippen molar-refractivity contribution in [3.05, 3.63) is 89.0 Å². The second-order valence-electron chi connectivity index (χ2n) is 11.4. The molecule has 0 saturated heterocycles. The molecule has 3 aromatic rings. The van der Waals surface area contributed by atoms with Crippen molar-refractivity contribution in [2.45, 2.75) is 32.4 Å². The standard InChI is InChI=1S/C20H20N2O3.C16H25N3O5/c1-13-2-4-14(5-3-13)11-22(16-7-8-16)20(24)15-6-9-17-18(10-15)25-12-19(23)21-17;17-4-6-22-8-10-24-11-9-23-7-5-18-16(21)14-2-1-3-15(12-14)19-13-20/h2-6,9-10,16H,7-8,11-12H2,1H3,(H,21,23);1-3,12-13H,4-11,17H2,(H,18,21)(H,19,20). The topological polar surface area (TPSA) is 171 Å². The molecule has 2 aliphatic rings. The molecule has 3 aromatic carbocycles. The van der Waals surface area contributed by atoms with Crippen LogP contribution in [0.15, 0.2) is 66.7 Å². The molecule has 1 heterocycles. The fourth-order valence-corrected chi connectivity index (χ4v) is 4.80. The van der Waals surface area contributed by atoms with Crippen molar-refractivity contribution in [3.8, 4) is 5.75 Å². The maximum Gasteiger partial charge on any atom is 0.262 e. The van der Waals surface area contributed by atoms with E-state index in [4.69, 9.17) is 24.7 Å². The van der Waals surface area contributed by atoms with Crippen molar-refractivity contribution in [1.29, 1.82) is 0 Å². The lowest BCUT2D eigenvalue weighted by Gasteiger charge is -2.24. The number of nitrogens with one attached hydrogen (secondary N) is 3. The molecule has 0 bridgehead atoms. The molecule has 262 valence electrons. The number of aryl methyl sites for hydroxylation is 1. The summed E-state index contributed by atoms with van der Waals surface area (Å²) in [5, 5.41) is 7.99. The molecule has 0 radical (unpaired) electrons. The summed E-state index contributed by atoms with van der Waals surface area (Å²) in [4.78, 5) is 48.7. The van der Waals surface area contributed by atoms with Gasteiger partial charge in [-0.05, 0) is 61.7 Å². The van der Waals surface area contributed by atoms with Crippen molar-refractivity contribution >= 4 is 35.5 Å². The monoisotopic (exact) mass is 675 g/mol. The van der Waals surface area contributed by atoms with Crippen molar-refractivity contribution in [1.82, 2.24) is 10.2 Å². The average molecular weight is 676 g/mol. The zero-order valence-corrected chi connectivity index (χ0v) is 27.8. The van der Waals surface area contributed by atoms with Crippen LogP contribution in [0.2, 0.25) is 0 Å². The van der Waals surface area contributed by atoms with Crippen LogP contribution < -0.4 is 26.4 Å². The summed E-state index contributed by atoms with van der Waals surface area (Å²) in [7, 11) is 0. The van der Waals surface area contributed by atoms with Gasteiger partial charge in [0.05, 0.1) is 45.3 Å². The van der Waals surface area contributed by atoms with Gasteiger partial charge in [0, 0.05) is 42.5 Å². The van der Waals surface area contributed by atoms with Crippen molar-refractivity contribution in [2.24, 2.45) is 5.73 Å². The van der Waals surface area contributed by atoms with Crippen LogP contribution in [0.3, 0.4) is 0 Å². The number of hydrogen-bond acceptors (Lipinski definition) is 9. The molecule has 0 spiro atoms. The first kappa shape index (κ1) is 37.0. The SMILES string of the molecule is Cc1ccc(CN(C(=O)c2ccc3c(c2)OCC(=O)N3)C2CC2)cc1.NCCOCCOCCOCCNC(=O)c1cccc(NC=O)c1. The smallest absolute Gasteiger partial charge is 0.262 e. The number of nitrogens with zero attached hydrogens (tertiary/aromatic N) is 1. The number of anilines is 2. The Morgan fingerprint density at radius 2 is 1.65 bits per heavy atom. The highest BCUT2D eigenvalue weighted by Crippen LogP contribution is 2.33. The van der Waals surface area contributed by atoms with Gasteiger partial charge in [-0.2, -0.15) is 0 Å². The van der Waals surface area contributed by atoms with E-state index in [0.717, 1.165) is 18.4 Å². The van der Waals surface area contributed by atoms with Crippen LogP contribution in [0.5, 0.6) is 5.75 Å². The largest absolute Gasteiger partial charge is 0.482 e. The lowest BCUT2D eigenvalue weighted by molar-refractivity contribution is -0.118.